The number of imidazole rings is 1. The quantitative estimate of drug-likeness (QED) is 0.347. The summed E-state index contributed by atoms with van der Waals surface area (Å²) in [7, 11) is 0. The fraction of sp³-hybridized carbons (Fsp3) is 0. The second-order valence-corrected chi connectivity index (χ2v) is 7.77. The summed E-state index contributed by atoms with van der Waals surface area (Å²) >= 11 is 5.99. The van der Waals surface area contributed by atoms with Crippen LogP contribution in [-0.4, -0.2) is 19.3 Å². The normalized spacial score (nSPS) is 10.6. The number of nitriles is 1. The Balaban J connectivity index is 1.53. The van der Waals surface area contributed by atoms with Crippen molar-refractivity contribution in [3.63, 3.8) is 0 Å². The lowest BCUT2D eigenvalue weighted by Crippen LogP contribution is -2.23. The van der Waals surface area contributed by atoms with Gasteiger partial charge in [-0.2, -0.15) is 15.0 Å². The number of halogens is 1. The van der Waals surface area contributed by atoms with Crippen LogP contribution in [0.5, 0.6) is 11.5 Å². The summed E-state index contributed by atoms with van der Waals surface area (Å²) in [6.07, 6.45) is 6.45. The summed E-state index contributed by atoms with van der Waals surface area (Å²) in [5, 5.41) is 13.9. The van der Waals surface area contributed by atoms with Gasteiger partial charge >= 0.3 is 5.56 Å². The molecule has 0 saturated carbocycles. The van der Waals surface area contributed by atoms with E-state index in [1.807, 2.05) is 24.3 Å². The monoisotopic (exact) mass is 465 g/mol. The zero-order valence-electron chi connectivity index (χ0n) is 17.7. The molecule has 0 unspecified atom stereocenters. The molecule has 0 atom stereocenters. The van der Waals surface area contributed by atoms with Crippen LogP contribution in [0, 0.1) is 11.3 Å². The molecule has 0 N–H and O–H groups in total. The van der Waals surface area contributed by atoms with Crippen LogP contribution in [0.2, 0.25) is 5.02 Å². The molecule has 0 aliphatic carbocycles. The van der Waals surface area contributed by atoms with Crippen molar-refractivity contribution >= 4 is 11.6 Å². The highest BCUT2D eigenvalue weighted by molar-refractivity contribution is 6.30. The van der Waals surface area contributed by atoms with Gasteiger partial charge in [0, 0.05) is 17.4 Å². The van der Waals surface area contributed by atoms with Gasteiger partial charge in [-0.15, -0.1) is 0 Å². The van der Waals surface area contributed by atoms with Crippen molar-refractivity contribution in [2.24, 2.45) is 0 Å². The Morgan fingerprint density at radius 1 is 0.912 bits per heavy atom. The highest BCUT2D eigenvalue weighted by Gasteiger charge is 2.17. The van der Waals surface area contributed by atoms with Crippen LogP contribution in [0.15, 0.2) is 103 Å². The molecular formula is C26H16ClN5O2. The number of ether oxygens (including phenoxy) is 1. The van der Waals surface area contributed by atoms with Crippen LogP contribution in [0.3, 0.4) is 0 Å². The van der Waals surface area contributed by atoms with E-state index in [0.717, 1.165) is 11.1 Å². The zero-order chi connectivity index (χ0) is 23.5. The molecule has 0 radical (unpaired) electrons. The minimum absolute atomic E-state index is 0.106. The highest BCUT2D eigenvalue weighted by Crippen LogP contribution is 2.28. The minimum atomic E-state index is -0.426. The summed E-state index contributed by atoms with van der Waals surface area (Å²) in [5.41, 5.74) is 3.13. The molecule has 34 heavy (non-hydrogen) atoms. The SMILES string of the molecule is N#Cc1ccc(-c2ccc(Oc3c(-n4ccnc4)cnn(-c4ccc(Cl)cc4)c3=O)cc2)cc1. The fourth-order valence-electron chi connectivity index (χ4n) is 3.45. The molecule has 0 amide bonds. The number of hydrogen-bond acceptors (Lipinski definition) is 5. The van der Waals surface area contributed by atoms with Crippen LogP contribution in [0.1, 0.15) is 5.56 Å². The van der Waals surface area contributed by atoms with Crippen molar-refractivity contribution in [2.75, 3.05) is 0 Å². The lowest BCUT2D eigenvalue weighted by Gasteiger charge is -2.14. The Hall–Kier alpha value is -4.67. The Morgan fingerprint density at radius 2 is 1.59 bits per heavy atom. The number of benzene rings is 3. The average Bonchev–Trinajstić information content (AvgIpc) is 3.41. The summed E-state index contributed by atoms with van der Waals surface area (Å²) < 4.78 is 9.02. The van der Waals surface area contributed by atoms with E-state index in [1.54, 1.807) is 78.0 Å². The summed E-state index contributed by atoms with van der Waals surface area (Å²) in [4.78, 5) is 17.5. The predicted molar refractivity (Wildman–Crippen MR) is 129 cm³/mol. The number of aromatic nitrogens is 4. The van der Waals surface area contributed by atoms with Gasteiger partial charge in [-0.3, -0.25) is 4.79 Å². The van der Waals surface area contributed by atoms with Crippen molar-refractivity contribution in [1.82, 2.24) is 19.3 Å². The van der Waals surface area contributed by atoms with Crippen LogP contribution < -0.4 is 10.3 Å². The van der Waals surface area contributed by atoms with Gasteiger partial charge in [0.15, 0.2) is 0 Å². The molecule has 0 aliphatic rings. The smallest absolute Gasteiger partial charge is 0.316 e. The van der Waals surface area contributed by atoms with Gasteiger partial charge in [0.05, 0.1) is 29.8 Å². The molecule has 0 spiro atoms. The van der Waals surface area contributed by atoms with Crippen LogP contribution in [0.25, 0.3) is 22.5 Å². The maximum atomic E-state index is 13.4. The lowest BCUT2D eigenvalue weighted by atomic mass is 10.0. The van der Waals surface area contributed by atoms with E-state index in [4.69, 9.17) is 21.6 Å². The third-order valence-electron chi connectivity index (χ3n) is 5.19. The minimum Gasteiger partial charge on any atom is -0.449 e. The van der Waals surface area contributed by atoms with Gasteiger partial charge in [0.1, 0.15) is 11.4 Å². The number of rotatable bonds is 5. The van der Waals surface area contributed by atoms with E-state index in [9.17, 15) is 4.79 Å². The third-order valence-corrected chi connectivity index (χ3v) is 5.44. The first kappa shape index (κ1) is 21.2. The van der Waals surface area contributed by atoms with Gasteiger partial charge in [0.25, 0.3) is 0 Å². The Bertz CT molecular complexity index is 1530. The van der Waals surface area contributed by atoms with Crippen molar-refractivity contribution in [2.45, 2.75) is 0 Å². The lowest BCUT2D eigenvalue weighted by molar-refractivity contribution is 0.464. The van der Waals surface area contributed by atoms with E-state index in [0.29, 0.717) is 27.7 Å². The molecule has 3 aromatic carbocycles. The molecule has 5 rings (SSSR count). The number of hydrogen-bond donors (Lipinski definition) is 0. The topological polar surface area (TPSA) is 85.7 Å². The van der Waals surface area contributed by atoms with Crippen LogP contribution in [0.4, 0.5) is 0 Å². The molecular weight excluding hydrogens is 450 g/mol. The van der Waals surface area contributed by atoms with Crippen molar-refractivity contribution in [3.05, 3.63) is 119 Å². The molecule has 0 aliphatic heterocycles. The van der Waals surface area contributed by atoms with E-state index >= 15 is 0 Å². The molecule has 0 bridgehead atoms. The van der Waals surface area contributed by atoms with E-state index < -0.39 is 5.56 Å². The predicted octanol–water partition coefficient (Wildman–Crippen LogP) is 5.40. The maximum absolute atomic E-state index is 13.4. The fourth-order valence-corrected chi connectivity index (χ4v) is 3.57. The molecule has 2 heterocycles. The van der Waals surface area contributed by atoms with E-state index in [1.165, 1.54) is 4.68 Å². The maximum Gasteiger partial charge on any atom is 0.316 e. The molecule has 8 heteroatoms. The molecule has 0 saturated heterocycles. The van der Waals surface area contributed by atoms with Gasteiger partial charge < -0.3 is 9.30 Å². The summed E-state index contributed by atoms with van der Waals surface area (Å²) in [6.45, 7) is 0. The van der Waals surface area contributed by atoms with Gasteiger partial charge in [0.2, 0.25) is 5.75 Å². The molecule has 2 aromatic heterocycles. The van der Waals surface area contributed by atoms with Gasteiger partial charge in [-0.05, 0) is 59.7 Å². The van der Waals surface area contributed by atoms with Gasteiger partial charge in [-0.25, -0.2) is 4.98 Å². The van der Waals surface area contributed by atoms with Crippen molar-refractivity contribution in [1.29, 1.82) is 5.26 Å². The zero-order valence-corrected chi connectivity index (χ0v) is 18.4. The highest BCUT2D eigenvalue weighted by atomic mass is 35.5. The summed E-state index contributed by atoms with van der Waals surface area (Å²) in [6, 6.07) is 23.6. The third kappa shape index (κ3) is 4.18. The van der Waals surface area contributed by atoms with Gasteiger partial charge in [-0.1, -0.05) is 35.9 Å². The van der Waals surface area contributed by atoms with Crippen molar-refractivity contribution in [3.8, 4) is 40.1 Å². The van der Waals surface area contributed by atoms with E-state index in [-0.39, 0.29) is 5.75 Å². The van der Waals surface area contributed by atoms with Crippen molar-refractivity contribution < 1.29 is 4.74 Å². The number of nitrogens with zero attached hydrogens (tertiary/aromatic N) is 5. The molecule has 164 valence electrons. The Morgan fingerprint density at radius 3 is 2.21 bits per heavy atom. The first-order chi connectivity index (χ1) is 16.6. The first-order valence-electron chi connectivity index (χ1n) is 10.3. The first-order valence-corrected chi connectivity index (χ1v) is 10.7. The molecule has 7 nitrogen and oxygen atoms in total. The van der Waals surface area contributed by atoms with E-state index in [2.05, 4.69) is 16.2 Å². The largest absolute Gasteiger partial charge is 0.449 e. The van der Waals surface area contributed by atoms with Crippen LogP contribution >= 0.6 is 11.6 Å². The Kier molecular flexibility index (Phi) is 5.65. The average molecular weight is 466 g/mol. The standard InChI is InChI=1S/C26H16ClN5O2/c27-21-7-9-22(10-8-21)32-26(33)25(24(16-30-32)31-14-13-29-17-31)34-23-11-5-20(6-12-23)19-3-1-18(15-28)2-4-19/h1-14,16-17H. The molecule has 0 fully saturated rings. The summed E-state index contributed by atoms with van der Waals surface area (Å²) in [5.74, 6) is 0.596. The Labute approximate surface area is 199 Å². The van der Waals surface area contributed by atoms with Crippen LogP contribution in [-0.2, 0) is 0 Å². The second kappa shape index (κ2) is 9.06. The molecule has 5 aromatic rings. The second-order valence-electron chi connectivity index (χ2n) is 7.34.